The Morgan fingerprint density at radius 1 is 1.03 bits per heavy atom. The predicted octanol–water partition coefficient (Wildman–Crippen LogP) is 3.16. The van der Waals surface area contributed by atoms with Gasteiger partial charge in [-0.05, 0) is 23.3 Å². The molecule has 2 aromatic carbocycles. The highest BCUT2D eigenvalue weighted by molar-refractivity contribution is 5.83. The molecule has 0 unspecified atom stereocenters. The van der Waals surface area contributed by atoms with E-state index in [9.17, 15) is 4.79 Å². The van der Waals surface area contributed by atoms with Crippen LogP contribution in [0.5, 0.6) is 11.5 Å². The zero-order valence-corrected chi connectivity index (χ0v) is 16.7. The van der Waals surface area contributed by atoms with Gasteiger partial charge in [0, 0.05) is 19.2 Å². The van der Waals surface area contributed by atoms with E-state index in [2.05, 4.69) is 20.4 Å². The molecule has 0 bridgehead atoms. The van der Waals surface area contributed by atoms with Gasteiger partial charge >= 0.3 is 0 Å². The summed E-state index contributed by atoms with van der Waals surface area (Å²) < 4.78 is 12.2. The molecule has 2 aromatic heterocycles. The number of nitrogens with zero attached hydrogens (tertiary/aromatic N) is 4. The van der Waals surface area contributed by atoms with Crippen LogP contribution in [0.1, 0.15) is 27.3 Å². The summed E-state index contributed by atoms with van der Waals surface area (Å²) in [5.74, 6) is 2.43. The fourth-order valence-electron chi connectivity index (χ4n) is 3.16. The first kappa shape index (κ1) is 19.4. The molecule has 4 aromatic rings. The van der Waals surface area contributed by atoms with E-state index >= 15 is 0 Å². The van der Waals surface area contributed by atoms with Gasteiger partial charge in [-0.1, -0.05) is 36.4 Å². The number of anilines is 1. The summed E-state index contributed by atoms with van der Waals surface area (Å²) in [5, 5.41) is 7.83. The SMILES string of the molecule is COc1ccc(CNc2ncc(C=O)c3nc(Cc4ccccc4)nn23)cc1OC. The van der Waals surface area contributed by atoms with E-state index in [1.54, 1.807) is 18.7 Å². The average molecular weight is 403 g/mol. The first-order valence-electron chi connectivity index (χ1n) is 9.40. The van der Waals surface area contributed by atoms with Crippen molar-refractivity contribution in [2.75, 3.05) is 19.5 Å². The van der Waals surface area contributed by atoms with Gasteiger partial charge in [0.05, 0.1) is 19.8 Å². The third kappa shape index (κ3) is 3.93. The standard InChI is InChI=1S/C22H21N5O3/c1-29-18-9-8-16(10-19(18)30-2)12-23-22-24-13-17(14-28)21-25-20(26-27(21)22)11-15-6-4-3-5-7-15/h3-10,13-14H,11-12H2,1-2H3,(H,23,24). The van der Waals surface area contributed by atoms with Crippen LogP contribution in [0, 0.1) is 0 Å². The van der Waals surface area contributed by atoms with Crippen molar-refractivity contribution < 1.29 is 14.3 Å². The highest BCUT2D eigenvalue weighted by atomic mass is 16.5. The van der Waals surface area contributed by atoms with Gasteiger partial charge in [-0.2, -0.15) is 4.52 Å². The molecule has 0 atom stereocenters. The van der Waals surface area contributed by atoms with Crippen LogP contribution in [-0.2, 0) is 13.0 Å². The van der Waals surface area contributed by atoms with Crippen LogP contribution in [0.2, 0.25) is 0 Å². The third-order valence-electron chi connectivity index (χ3n) is 4.67. The lowest BCUT2D eigenvalue weighted by Gasteiger charge is -2.11. The molecule has 0 saturated carbocycles. The second-order valence-corrected chi connectivity index (χ2v) is 6.62. The maximum Gasteiger partial charge on any atom is 0.226 e. The minimum absolute atomic E-state index is 0.387. The molecule has 4 rings (SSSR count). The monoisotopic (exact) mass is 403 g/mol. The van der Waals surface area contributed by atoms with Gasteiger partial charge in [-0.25, -0.2) is 9.97 Å². The lowest BCUT2D eigenvalue weighted by molar-refractivity contribution is 0.112. The van der Waals surface area contributed by atoms with Crippen molar-refractivity contribution in [2.45, 2.75) is 13.0 Å². The van der Waals surface area contributed by atoms with Gasteiger partial charge in [-0.3, -0.25) is 4.79 Å². The molecular weight excluding hydrogens is 382 g/mol. The lowest BCUT2D eigenvalue weighted by Crippen LogP contribution is -2.09. The Morgan fingerprint density at radius 2 is 1.83 bits per heavy atom. The zero-order chi connectivity index (χ0) is 20.9. The number of ether oxygens (including phenoxy) is 2. The largest absolute Gasteiger partial charge is 0.493 e. The van der Waals surface area contributed by atoms with E-state index in [0.717, 1.165) is 17.4 Å². The van der Waals surface area contributed by atoms with Crippen LogP contribution >= 0.6 is 0 Å². The molecule has 0 spiro atoms. The number of rotatable bonds is 8. The predicted molar refractivity (Wildman–Crippen MR) is 112 cm³/mol. The third-order valence-corrected chi connectivity index (χ3v) is 4.67. The Kier molecular flexibility index (Phi) is 5.56. The van der Waals surface area contributed by atoms with Crippen molar-refractivity contribution in [1.82, 2.24) is 19.6 Å². The fourth-order valence-corrected chi connectivity index (χ4v) is 3.16. The smallest absolute Gasteiger partial charge is 0.226 e. The van der Waals surface area contributed by atoms with Crippen LogP contribution in [-0.4, -0.2) is 40.1 Å². The van der Waals surface area contributed by atoms with Gasteiger partial charge in [0.1, 0.15) is 0 Å². The minimum atomic E-state index is 0.387. The average Bonchev–Trinajstić information content (AvgIpc) is 3.21. The Hall–Kier alpha value is -3.94. The minimum Gasteiger partial charge on any atom is -0.493 e. The fraction of sp³-hybridized carbons (Fsp3) is 0.182. The quantitative estimate of drug-likeness (QED) is 0.452. The number of methoxy groups -OCH3 is 2. The molecule has 30 heavy (non-hydrogen) atoms. The Labute approximate surface area is 173 Å². The molecule has 0 aliphatic carbocycles. The summed E-state index contributed by atoms with van der Waals surface area (Å²) in [5.41, 5.74) is 2.93. The van der Waals surface area contributed by atoms with Crippen molar-refractivity contribution in [3.8, 4) is 11.5 Å². The molecule has 8 heteroatoms. The van der Waals surface area contributed by atoms with E-state index in [-0.39, 0.29) is 0 Å². The van der Waals surface area contributed by atoms with E-state index in [4.69, 9.17) is 9.47 Å². The maximum absolute atomic E-state index is 11.4. The molecule has 8 nitrogen and oxygen atoms in total. The van der Waals surface area contributed by atoms with Crippen LogP contribution < -0.4 is 14.8 Å². The normalized spacial score (nSPS) is 10.7. The van der Waals surface area contributed by atoms with Crippen molar-refractivity contribution in [3.63, 3.8) is 0 Å². The molecule has 1 N–H and O–H groups in total. The number of benzene rings is 2. The van der Waals surface area contributed by atoms with Crippen molar-refractivity contribution >= 4 is 17.9 Å². The number of fused-ring (bicyclic) bond motifs is 1. The van der Waals surface area contributed by atoms with Crippen LogP contribution in [0.15, 0.2) is 54.7 Å². The van der Waals surface area contributed by atoms with Crippen molar-refractivity contribution in [3.05, 3.63) is 77.2 Å². The number of hydrogen-bond donors (Lipinski definition) is 1. The molecule has 0 aliphatic heterocycles. The summed E-state index contributed by atoms with van der Waals surface area (Å²) in [6, 6.07) is 15.6. The Morgan fingerprint density at radius 3 is 2.57 bits per heavy atom. The molecule has 0 amide bonds. The van der Waals surface area contributed by atoms with E-state index < -0.39 is 0 Å². The Balaban J connectivity index is 1.61. The topological polar surface area (TPSA) is 90.6 Å². The molecular formula is C22H21N5O3. The molecule has 0 radical (unpaired) electrons. The molecule has 152 valence electrons. The van der Waals surface area contributed by atoms with E-state index in [0.29, 0.717) is 47.4 Å². The highest BCUT2D eigenvalue weighted by Crippen LogP contribution is 2.27. The van der Waals surface area contributed by atoms with Crippen LogP contribution in [0.3, 0.4) is 0 Å². The number of carbonyl (C=O) groups is 1. The maximum atomic E-state index is 11.4. The number of aldehydes is 1. The second-order valence-electron chi connectivity index (χ2n) is 6.62. The summed E-state index contributed by atoms with van der Waals surface area (Å²) in [6.07, 6.45) is 2.80. The number of carbonyl (C=O) groups excluding carboxylic acids is 1. The van der Waals surface area contributed by atoms with Gasteiger partial charge in [-0.15, -0.1) is 5.10 Å². The summed E-state index contributed by atoms with van der Waals surface area (Å²) in [4.78, 5) is 20.3. The molecule has 0 aliphatic rings. The van der Waals surface area contributed by atoms with Gasteiger partial charge in [0.15, 0.2) is 29.3 Å². The highest BCUT2D eigenvalue weighted by Gasteiger charge is 2.14. The summed E-state index contributed by atoms with van der Waals surface area (Å²) in [7, 11) is 3.20. The molecule has 2 heterocycles. The van der Waals surface area contributed by atoms with Crippen molar-refractivity contribution in [2.24, 2.45) is 0 Å². The van der Waals surface area contributed by atoms with Gasteiger partial charge in [0.2, 0.25) is 5.95 Å². The summed E-state index contributed by atoms with van der Waals surface area (Å²) >= 11 is 0. The second kappa shape index (κ2) is 8.60. The van der Waals surface area contributed by atoms with E-state index in [1.165, 1.54) is 6.20 Å². The van der Waals surface area contributed by atoms with Crippen LogP contribution in [0.4, 0.5) is 5.95 Å². The van der Waals surface area contributed by atoms with Gasteiger partial charge in [0.25, 0.3) is 0 Å². The van der Waals surface area contributed by atoms with Crippen molar-refractivity contribution in [1.29, 1.82) is 0 Å². The first-order valence-corrected chi connectivity index (χ1v) is 9.40. The first-order chi connectivity index (χ1) is 14.7. The number of aromatic nitrogens is 4. The van der Waals surface area contributed by atoms with Gasteiger partial charge < -0.3 is 14.8 Å². The summed E-state index contributed by atoms with van der Waals surface area (Å²) in [6.45, 7) is 0.483. The van der Waals surface area contributed by atoms with E-state index in [1.807, 2.05) is 48.5 Å². The molecule has 0 saturated heterocycles. The Bertz CT molecular complexity index is 1170. The number of hydrogen-bond acceptors (Lipinski definition) is 7. The van der Waals surface area contributed by atoms with Crippen LogP contribution in [0.25, 0.3) is 5.65 Å². The molecule has 0 fully saturated rings. The zero-order valence-electron chi connectivity index (χ0n) is 16.7. The lowest BCUT2D eigenvalue weighted by atomic mass is 10.1. The number of nitrogens with one attached hydrogen (secondary N) is 1.